The summed E-state index contributed by atoms with van der Waals surface area (Å²) >= 11 is 0. The van der Waals surface area contributed by atoms with Gasteiger partial charge < -0.3 is 14.8 Å². The van der Waals surface area contributed by atoms with Crippen molar-refractivity contribution in [3.63, 3.8) is 0 Å². The van der Waals surface area contributed by atoms with Crippen LogP contribution in [0.2, 0.25) is 0 Å². The van der Waals surface area contributed by atoms with Gasteiger partial charge in [0.2, 0.25) is 0 Å². The van der Waals surface area contributed by atoms with E-state index >= 15 is 0 Å². The Kier molecular flexibility index (Phi) is 8.24. The van der Waals surface area contributed by atoms with Gasteiger partial charge in [-0.15, -0.1) is 0 Å². The molecular formula is C25H30N2O4. The van der Waals surface area contributed by atoms with E-state index in [0.717, 1.165) is 29.8 Å². The fourth-order valence-electron chi connectivity index (χ4n) is 3.39. The first-order valence-corrected chi connectivity index (χ1v) is 10.9. The second kappa shape index (κ2) is 11.3. The van der Waals surface area contributed by atoms with E-state index in [0.29, 0.717) is 44.1 Å². The molecule has 0 radical (unpaired) electrons. The third-order valence-corrected chi connectivity index (χ3v) is 4.98. The Morgan fingerprint density at radius 1 is 0.871 bits per heavy atom. The highest BCUT2D eigenvalue weighted by atomic mass is 16.5. The minimum absolute atomic E-state index is 0.279. The topological polar surface area (TPSA) is 67.9 Å². The zero-order valence-electron chi connectivity index (χ0n) is 18.2. The molecule has 6 heteroatoms. The number of unbranched alkanes of at least 4 members (excludes halogenated alkanes) is 1. The van der Waals surface area contributed by atoms with Crippen LogP contribution >= 0.6 is 0 Å². The fraction of sp³-hybridized carbons (Fsp3) is 0.360. The van der Waals surface area contributed by atoms with Gasteiger partial charge in [0.25, 0.3) is 11.8 Å². The van der Waals surface area contributed by atoms with E-state index in [1.54, 1.807) is 0 Å². The molecule has 2 amide bonds. The van der Waals surface area contributed by atoms with Crippen molar-refractivity contribution in [2.75, 3.05) is 31.7 Å². The van der Waals surface area contributed by atoms with Crippen LogP contribution in [0.5, 0.6) is 5.75 Å². The molecule has 0 aliphatic carbocycles. The van der Waals surface area contributed by atoms with Crippen LogP contribution in [0.4, 0.5) is 5.69 Å². The lowest BCUT2D eigenvalue weighted by Crippen LogP contribution is -2.34. The Morgan fingerprint density at radius 2 is 1.58 bits per heavy atom. The third kappa shape index (κ3) is 5.73. The molecule has 2 aromatic rings. The number of nitrogens with one attached hydrogen (secondary N) is 1. The molecule has 0 saturated heterocycles. The minimum Gasteiger partial charge on any atom is -0.494 e. The van der Waals surface area contributed by atoms with Gasteiger partial charge in [-0.05, 0) is 49.6 Å². The summed E-state index contributed by atoms with van der Waals surface area (Å²) < 4.78 is 11.1. The van der Waals surface area contributed by atoms with Gasteiger partial charge in [0, 0.05) is 25.4 Å². The molecule has 1 aliphatic heterocycles. The van der Waals surface area contributed by atoms with Crippen LogP contribution in [0.3, 0.4) is 0 Å². The number of benzene rings is 2. The number of hydrogen-bond acceptors (Lipinski definition) is 5. The number of anilines is 1. The smallest absolute Gasteiger partial charge is 0.278 e. The molecule has 1 N–H and O–H groups in total. The molecule has 0 atom stereocenters. The van der Waals surface area contributed by atoms with Gasteiger partial charge in [-0.3, -0.25) is 14.5 Å². The molecule has 0 unspecified atom stereocenters. The van der Waals surface area contributed by atoms with E-state index in [-0.39, 0.29) is 11.8 Å². The number of rotatable bonds is 12. The maximum Gasteiger partial charge on any atom is 0.278 e. The van der Waals surface area contributed by atoms with E-state index < -0.39 is 0 Å². The highest BCUT2D eigenvalue weighted by molar-refractivity contribution is 6.36. The maximum atomic E-state index is 13.2. The minimum atomic E-state index is -0.314. The van der Waals surface area contributed by atoms with Crippen molar-refractivity contribution in [2.45, 2.75) is 33.1 Å². The molecule has 2 aromatic carbocycles. The van der Waals surface area contributed by atoms with Crippen molar-refractivity contribution in [1.82, 2.24) is 4.90 Å². The number of nitrogens with zero attached hydrogens (tertiary/aromatic N) is 1. The van der Waals surface area contributed by atoms with Crippen molar-refractivity contribution in [3.8, 4) is 5.75 Å². The molecule has 0 fully saturated rings. The van der Waals surface area contributed by atoms with E-state index in [2.05, 4.69) is 12.2 Å². The Balaban J connectivity index is 1.77. The van der Waals surface area contributed by atoms with Crippen molar-refractivity contribution in [1.29, 1.82) is 0 Å². The van der Waals surface area contributed by atoms with Crippen molar-refractivity contribution in [2.24, 2.45) is 0 Å². The summed E-state index contributed by atoms with van der Waals surface area (Å²) in [7, 11) is 0. The standard InChI is InChI=1S/C25H30N2O4/c1-3-5-17-30-18-9-16-27-24(28)22(19-10-7-6-8-11-19)23(25(27)29)26-20-12-14-21(15-13-20)31-4-2/h6-8,10-15,26H,3-5,9,16-18H2,1-2H3. The molecule has 3 rings (SSSR count). The lowest BCUT2D eigenvalue weighted by atomic mass is 10.0. The quantitative estimate of drug-likeness (QED) is 0.403. The predicted molar refractivity (Wildman–Crippen MR) is 122 cm³/mol. The van der Waals surface area contributed by atoms with Crippen LogP contribution < -0.4 is 10.1 Å². The number of imide groups is 1. The third-order valence-electron chi connectivity index (χ3n) is 4.98. The van der Waals surface area contributed by atoms with Gasteiger partial charge in [-0.1, -0.05) is 43.7 Å². The Morgan fingerprint density at radius 3 is 2.26 bits per heavy atom. The van der Waals surface area contributed by atoms with Gasteiger partial charge in [0.1, 0.15) is 11.4 Å². The summed E-state index contributed by atoms with van der Waals surface area (Å²) in [4.78, 5) is 27.6. The first-order chi connectivity index (χ1) is 15.2. The molecule has 164 valence electrons. The second-order valence-corrected chi connectivity index (χ2v) is 7.28. The number of amides is 2. The summed E-state index contributed by atoms with van der Waals surface area (Å²) in [5, 5.41) is 3.17. The highest BCUT2D eigenvalue weighted by Crippen LogP contribution is 2.31. The van der Waals surface area contributed by atoms with Gasteiger partial charge >= 0.3 is 0 Å². The van der Waals surface area contributed by atoms with Crippen molar-refractivity contribution < 1.29 is 19.1 Å². The van der Waals surface area contributed by atoms with Crippen LogP contribution in [0.1, 0.15) is 38.7 Å². The van der Waals surface area contributed by atoms with E-state index in [4.69, 9.17) is 9.47 Å². The Labute approximate surface area is 183 Å². The summed E-state index contributed by atoms with van der Waals surface area (Å²) in [5.41, 5.74) is 2.13. The number of carbonyl (C=O) groups is 2. The molecule has 31 heavy (non-hydrogen) atoms. The molecule has 0 bridgehead atoms. The van der Waals surface area contributed by atoms with E-state index in [1.807, 2.05) is 61.5 Å². The molecular weight excluding hydrogens is 392 g/mol. The van der Waals surface area contributed by atoms with Crippen LogP contribution in [-0.4, -0.2) is 43.1 Å². The average Bonchev–Trinajstić information content (AvgIpc) is 3.02. The number of hydrogen-bond donors (Lipinski definition) is 1. The summed E-state index contributed by atoms with van der Waals surface area (Å²) in [5.74, 6) is 0.160. The van der Waals surface area contributed by atoms with Crippen LogP contribution in [0.15, 0.2) is 60.3 Å². The monoisotopic (exact) mass is 422 g/mol. The van der Waals surface area contributed by atoms with E-state index in [9.17, 15) is 9.59 Å². The average molecular weight is 423 g/mol. The van der Waals surface area contributed by atoms with Crippen molar-refractivity contribution in [3.05, 3.63) is 65.9 Å². The van der Waals surface area contributed by atoms with E-state index in [1.165, 1.54) is 4.90 Å². The van der Waals surface area contributed by atoms with Gasteiger partial charge in [0.05, 0.1) is 12.2 Å². The second-order valence-electron chi connectivity index (χ2n) is 7.28. The van der Waals surface area contributed by atoms with Crippen LogP contribution in [0, 0.1) is 0 Å². The van der Waals surface area contributed by atoms with Gasteiger partial charge in [-0.25, -0.2) is 0 Å². The van der Waals surface area contributed by atoms with Gasteiger partial charge in [-0.2, -0.15) is 0 Å². The maximum absolute atomic E-state index is 13.2. The molecule has 1 aliphatic rings. The first-order valence-electron chi connectivity index (χ1n) is 10.9. The molecule has 0 saturated carbocycles. The highest BCUT2D eigenvalue weighted by Gasteiger charge is 2.38. The molecule has 1 heterocycles. The zero-order valence-corrected chi connectivity index (χ0v) is 18.2. The SMILES string of the molecule is CCCCOCCCN1C(=O)C(Nc2ccc(OCC)cc2)=C(c2ccccc2)C1=O. The summed E-state index contributed by atoms with van der Waals surface area (Å²) in [6.45, 7) is 6.18. The summed E-state index contributed by atoms with van der Waals surface area (Å²) in [6.07, 6.45) is 2.70. The van der Waals surface area contributed by atoms with Crippen LogP contribution in [0.25, 0.3) is 5.57 Å². The lowest BCUT2D eigenvalue weighted by Gasteiger charge is -2.15. The number of carbonyl (C=O) groups excluding carboxylic acids is 2. The van der Waals surface area contributed by atoms with Crippen LogP contribution in [-0.2, 0) is 14.3 Å². The predicted octanol–water partition coefficient (Wildman–Crippen LogP) is 4.48. The Bertz CT molecular complexity index is 907. The first kappa shape index (κ1) is 22.6. The number of ether oxygens (including phenoxy) is 2. The summed E-state index contributed by atoms with van der Waals surface area (Å²) in [6, 6.07) is 16.6. The van der Waals surface area contributed by atoms with Crippen molar-refractivity contribution >= 4 is 23.1 Å². The Hall–Kier alpha value is -3.12. The van der Waals surface area contributed by atoms with Gasteiger partial charge in [0.15, 0.2) is 0 Å². The molecule has 6 nitrogen and oxygen atoms in total. The zero-order chi connectivity index (χ0) is 22.1. The lowest BCUT2D eigenvalue weighted by molar-refractivity contribution is -0.137. The molecule has 0 aromatic heterocycles. The largest absolute Gasteiger partial charge is 0.494 e. The normalized spacial score (nSPS) is 13.8. The molecule has 0 spiro atoms. The fourth-order valence-corrected chi connectivity index (χ4v) is 3.39.